The molecule has 0 saturated heterocycles. The highest BCUT2D eigenvalue weighted by Crippen LogP contribution is 2.22. The Morgan fingerprint density at radius 3 is 2.12 bits per heavy atom. The summed E-state index contributed by atoms with van der Waals surface area (Å²) in [5, 5.41) is 14.8. The number of hydrogen-bond donors (Lipinski definition) is 2. The van der Waals surface area contributed by atoms with E-state index in [1.54, 1.807) is 0 Å². The summed E-state index contributed by atoms with van der Waals surface area (Å²) in [5.41, 5.74) is 2.45. The van der Waals surface area contributed by atoms with Crippen LogP contribution >= 0.6 is 15.9 Å². The molecule has 0 aliphatic carbocycles. The maximum atomic E-state index is 9.10. The zero-order valence-electron chi connectivity index (χ0n) is 16.0. The van der Waals surface area contributed by atoms with Crippen molar-refractivity contribution >= 4 is 27.9 Å². The van der Waals surface area contributed by atoms with Crippen molar-refractivity contribution < 1.29 is 24.5 Å². The number of rotatable bonds is 9. The van der Waals surface area contributed by atoms with Crippen LogP contribution in [0.2, 0.25) is 0 Å². The van der Waals surface area contributed by atoms with Crippen molar-refractivity contribution in [2.75, 3.05) is 26.2 Å². The fourth-order valence-electron chi connectivity index (χ4n) is 2.33. The molecule has 26 heavy (non-hydrogen) atoms. The van der Waals surface area contributed by atoms with Gasteiger partial charge >= 0.3 is 11.9 Å². The lowest BCUT2D eigenvalue weighted by atomic mass is 10.1. The molecule has 0 saturated carbocycles. The molecule has 0 aromatic heterocycles. The van der Waals surface area contributed by atoms with Gasteiger partial charge in [0, 0.05) is 11.4 Å². The van der Waals surface area contributed by atoms with Crippen molar-refractivity contribution in [3.63, 3.8) is 0 Å². The largest absolute Gasteiger partial charge is 0.492 e. The average Bonchev–Trinajstić information content (AvgIpc) is 2.56. The fourth-order valence-corrected chi connectivity index (χ4v) is 2.65. The van der Waals surface area contributed by atoms with E-state index in [2.05, 4.69) is 66.7 Å². The van der Waals surface area contributed by atoms with E-state index in [-0.39, 0.29) is 0 Å². The third-order valence-electron chi connectivity index (χ3n) is 3.77. The van der Waals surface area contributed by atoms with Gasteiger partial charge in [0.15, 0.2) is 0 Å². The second-order valence-electron chi connectivity index (χ2n) is 6.04. The number of aliphatic carboxylic acids is 2. The summed E-state index contributed by atoms with van der Waals surface area (Å²) in [6.45, 7) is 12.7. The van der Waals surface area contributed by atoms with Crippen LogP contribution in [-0.4, -0.2) is 58.1 Å². The Balaban J connectivity index is 0.000000896. The molecule has 0 spiro atoms. The van der Waals surface area contributed by atoms with Crippen molar-refractivity contribution in [3.8, 4) is 5.75 Å². The maximum absolute atomic E-state index is 9.10. The zero-order chi connectivity index (χ0) is 20.1. The molecule has 0 heterocycles. The van der Waals surface area contributed by atoms with E-state index in [4.69, 9.17) is 24.5 Å². The second-order valence-corrected chi connectivity index (χ2v) is 7.60. The van der Waals surface area contributed by atoms with Crippen molar-refractivity contribution in [2.45, 2.75) is 45.4 Å². The van der Waals surface area contributed by atoms with Crippen LogP contribution in [0.3, 0.4) is 0 Å². The van der Waals surface area contributed by atoms with E-state index < -0.39 is 11.9 Å². The molecular formula is C19H30BrNO5. The Hall–Kier alpha value is -1.60. The van der Waals surface area contributed by atoms with Crippen LogP contribution in [0.1, 0.15) is 37.8 Å². The van der Waals surface area contributed by atoms with E-state index in [0.717, 1.165) is 32.0 Å². The average molecular weight is 432 g/mol. The first kappa shape index (κ1) is 24.4. The van der Waals surface area contributed by atoms with Crippen molar-refractivity contribution in [1.82, 2.24) is 4.90 Å². The van der Waals surface area contributed by atoms with Crippen LogP contribution in [0.25, 0.3) is 0 Å². The minimum atomic E-state index is -1.82. The number of para-hydroxylation sites is 1. The van der Waals surface area contributed by atoms with E-state index in [0.29, 0.717) is 4.83 Å². The highest BCUT2D eigenvalue weighted by Gasteiger charge is 2.06. The Morgan fingerprint density at radius 2 is 1.69 bits per heavy atom. The summed E-state index contributed by atoms with van der Waals surface area (Å²) in [6.07, 6.45) is 2.47. The summed E-state index contributed by atoms with van der Waals surface area (Å²) in [5.74, 6) is -2.59. The fraction of sp³-hybridized carbons (Fsp3) is 0.579. The standard InChI is InChI=1S/C17H28BrNO.C2H2O4/c1-5-19(11-7-10-16(4)18)12-13-20-17-14(2)8-6-9-15(17)3;3-1(4)2(5)6/h6,8-9,16H,5,7,10-13H2,1-4H3;(H,3,4)(H,5,6). The van der Waals surface area contributed by atoms with E-state index in [1.807, 2.05) is 0 Å². The smallest absolute Gasteiger partial charge is 0.414 e. The first-order valence-corrected chi connectivity index (χ1v) is 9.62. The highest BCUT2D eigenvalue weighted by molar-refractivity contribution is 9.09. The Morgan fingerprint density at radius 1 is 1.15 bits per heavy atom. The summed E-state index contributed by atoms with van der Waals surface area (Å²) in [4.78, 5) is 21.3. The number of benzene rings is 1. The van der Waals surface area contributed by atoms with Gasteiger partial charge in [0.2, 0.25) is 0 Å². The van der Waals surface area contributed by atoms with Gasteiger partial charge in [0.25, 0.3) is 0 Å². The van der Waals surface area contributed by atoms with Crippen molar-refractivity contribution in [1.29, 1.82) is 0 Å². The van der Waals surface area contributed by atoms with Gasteiger partial charge in [-0.1, -0.05) is 48.0 Å². The molecule has 1 unspecified atom stereocenters. The quantitative estimate of drug-likeness (QED) is 0.457. The Bertz CT molecular complexity index is 531. The van der Waals surface area contributed by atoms with Crippen LogP contribution in [0.15, 0.2) is 18.2 Å². The van der Waals surface area contributed by atoms with Crippen LogP contribution in [-0.2, 0) is 9.59 Å². The second kappa shape index (κ2) is 13.6. The van der Waals surface area contributed by atoms with Crippen LogP contribution in [0, 0.1) is 13.8 Å². The number of carbonyl (C=O) groups is 2. The van der Waals surface area contributed by atoms with Crippen LogP contribution in [0.4, 0.5) is 0 Å². The molecule has 1 aromatic rings. The number of halogens is 1. The normalized spacial score (nSPS) is 11.5. The summed E-state index contributed by atoms with van der Waals surface area (Å²) in [6, 6.07) is 6.30. The van der Waals surface area contributed by atoms with Gasteiger partial charge < -0.3 is 19.8 Å². The minimum Gasteiger partial charge on any atom is -0.492 e. The maximum Gasteiger partial charge on any atom is 0.414 e. The SMILES string of the molecule is CCN(CCCC(C)Br)CCOc1c(C)cccc1C.O=C(O)C(=O)O. The Kier molecular flexibility index (Phi) is 12.7. The molecular weight excluding hydrogens is 402 g/mol. The molecule has 0 fully saturated rings. The third-order valence-corrected chi connectivity index (χ3v) is 4.23. The number of hydrogen-bond acceptors (Lipinski definition) is 4. The third kappa shape index (κ3) is 11.1. The molecule has 0 bridgehead atoms. The number of aryl methyl sites for hydroxylation is 2. The molecule has 0 radical (unpaired) electrons. The molecule has 0 aliphatic heterocycles. The zero-order valence-corrected chi connectivity index (χ0v) is 17.6. The van der Waals surface area contributed by atoms with E-state index in [9.17, 15) is 0 Å². The van der Waals surface area contributed by atoms with Gasteiger partial charge in [-0.25, -0.2) is 9.59 Å². The van der Waals surface area contributed by atoms with Crippen LogP contribution in [0.5, 0.6) is 5.75 Å². The molecule has 6 nitrogen and oxygen atoms in total. The monoisotopic (exact) mass is 431 g/mol. The topological polar surface area (TPSA) is 87.1 Å². The molecule has 0 amide bonds. The molecule has 7 heteroatoms. The number of nitrogens with zero attached hydrogens (tertiary/aromatic N) is 1. The number of carboxylic acids is 2. The molecule has 148 valence electrons. The summed E-state index contributed by atoms with van der Waals surface area (Å²) >= 11 is 3.60. The summed E-state index contributed by atoms with van der Waals surface area (Å²) < 4.78 is 5.98. The van der Waals surface area contributed by atoms with Gasteiger partial charge in [-0.05, 0) is 50.9 Å². The minimum absolute atomic E-state index is 0.618. The van der Waals surface area contributed by atoms with Crippen LogP contribution < -0.4 is 4.74 Å². The molecule has 2 N–H and O–H groups in total. The van der Waals surface area contributed by atoms with Gasteiger partial charge in [0.1, 0.15) is 12.4 Å². The first-order valence-electron chi connectivity index (χ1n) is 8.70. The van der Waals surface area contributed by atoms with Gasteiger partial charge in [0.05, 0.1) is 0 Å². The van der Waals surface area contributed by atoms with Gasteiger partial charge in [-0.15, -0.1) is 0 Å². The predicted octanol–water partition coefficient (Wildman–Crippen LogP) is 3.72. The molecule has 0 aliphatic rings. The summed E-state index contributed by atoms with van der Waals surface area (Å²) in [7, 11) is 0. The highest BCUT2D eigenvalue weighted by atomic mass is 79.9. The lowest BCUT2D eigenvalue weighted by Crippen LogP contribution is -2.29. The van der Waals surface area contributed by atoms with Gasteiger partial charge in [-0.2, -0.15) is 0 Å². The lowest BCUT2D eigenvalue weighted by molar-refractivity contribution is -0.159. The number of ether oxygens (including phenoxy) is 1. The van der Waals surface area contributed by atoms with E-state index in [1.165, 1.54) is 24.0 Å². The predicted molar refractivity (Wildman–Crippen MR) is 106 cm³/mol. The molecule has 1 atom stereocenters. The molecule has 1 rings (SSSR count). The Labute approximate surface area is 164 Å². The lowest BCUT2D eigenvalue weighted by Gasteiger charge is -2.21. The van der Waals surface area contributed by atoms with Crippen molar-refractivity contribution in [2.24, 2.45) is 0 Å². The first-order chi connectivity index (χ1) is 12.2. The van der Waals surface area contributed by atoms with E-state index >= 15 is 0 Å². The number of carboxylic acid groups (broad SMARTS) is 2. The van der Waals surface area contributed by atoms with Crippen molar-refractivity contribution in [3.05, 3.63) is 29.3 Å². The number of alkyl halides is 1. The number of likely N-dealkylation sites (N-methyl/N-ethyl adjacent to an activating group) is 1. The molecule has 1 aromatic carbocycles. The van der Waals surface area contributed by atoms with Gasteiger partial charge in [-0.3, -0.25) is 0 Å².